The third-order valence-corrected chi connectivity index (χ3v) is 6.33. The first-order valence-electron chi connectivity index (χ1n) is 9.63. The van der Waals surface area contributed by atoms with Gasteiger partial charge in [-0.25, -0.2) is 0 Å². The molecule has 2 aliphatic rings. The molecule has 5 nitrogen and oxygen atoms in total. The highest BCUT2D eigenvalue weighted by molar-refractivity contribution is 5.57. The second-order valence-corrected chi connectivity index (χ2v) is 7.60. The molecule has 0 amide bonds. The van der Waals surface area contributed by atoms with Crippen molar-refractivity contribution in [1.82, 2.24) is 4.98 Å². The van der Waals surface area contributed by atoms with Gasteiger partial charge < -0.3 is 14.6 Å². The van der Waals surface area contributed by atoms with E-state index in [0.717, 1.165) is 17.5 Å². The molecule has 5 rings (SSSR count). The van der Waals surface area contributed by atoms with E-state index >= 15 is 0 Å². The van der Waals surface area contributed by atoms with E-state index in [4.69, 9.17) is 9.47 Å². The standard InChI is InChI=1S/C24H20N2O3/c1-28-20-14-26-15-21-22(20)23(27)12-11-19(17-5-3-2-4-6-17)24(23,29-21)18-9-7-16(13-25)8-10-18/h2-10,14-15,19,27H,11-12H2,1H3/t19?,23-,24?/m1/s1. The third-order valence-electron chi connectivity index (χ3n) is 6.33. The topological polar surface area (TPSA) is 75.4 Å². The molecule has 0 radical (unpaired) electrons. The van der Waals surface area contributed by atoms with Gasteiger partial charge in [0.05, 0.1) is 36.7 Å². The van der Waals surface area contributed by atoms with Gasteiger partial charge >= 0.3 is 0 Å². The monoisotopic (exact) mass is 384 g/mol. The Hall–Kier alpha value is -3.36. The number of nitrogens with zero attached hydrogens (tertiary/aromatic N) is 2. The molecule has 3 aromatic rings. The van der Waals surface area contributed by atoms with Crippen LogP contribution >= 0.6 is 0 Å². The summed E-state index contributed by atoms with van der Waals surface area (Å²) in [6.45, 7) is 0. The van der Waals surface area contributed by atoms with E-state index in [2.05, 4.69) is 23.2 Å². The van der Waals surface area contributed by atoms with Crippen LogP contribution in [-0.2, 0) is 11.2 Å². The molecule has 144 valence electrons. The number of hydrogen-bond donors (Lipinski definition) is 1. The zero-order chi connectivity index (χ0) is 20.1. The van der Waals surface area contributed by atoms with Crippen LogP contribution < -0.4 is 9.47 Å². The van der Waals surface area contributed by atoms with Crippen LogP contribution in [-0.4, -0.2) is 17.2 Å². The Morgan fingerprint density at radius 3 is 2.59 bits per heavy atom. The van der Waals surface area contributed by atoms with Crippen molar-refractivity contribution in [3.63, 3.8) is 0 Å². The van der Waals surface area contributed by atoms with Gasteiger partial charge in [-0.15, -0.1) is 0 Å². The molecule has 1 aliphatic carbocycles. The lowest BCUT2D eigenvalue weighted by molar-refractivity contribution is -0.106. The van der Waals surface area contributed by atoms with Crippen LogP contribution in [0, 0.1) is 11.3 Å². The molecule has 1 fully saturated rings. The quantitative estimate of drug-likeness (QED) is 0.738. The van der Waals surface area contributed by atoms with E-state index in [1.807, 2.05) is 30.3 Å². The number of aliphatic hydroxyl groups is 1. The van der Waals surface area contributed by atoms with Gasteiger partial charge in [-0.2, -0.15) is 5.26 Å². The van der Waals surface area contributed by atoms with Crippen LogP contribution in [0.2, 0.25) is 0 Å². The summed E-state index contributed by atoms with van der Waals surface area (Å²) in [4.78, 5) is 4.23. The van der Waals surface area contributed by atoms with Crippen LogP contribution in [0.15, 0.2) is 67.0 Å². The van der Waals surface area contributed by atoms with Gasteiger partial charge in [0.1, 0.15) is 17.1 Å². The van der Waals surface area contributed by atoms with Crippen LogP contribution in [0.3, 0.4) is 0 Å². The molecule has 0 spiro atoms. The average molecular weight is 384 g/mol. The molecule has 0 bridgehead atoms. The van der Waals surface area contributed by atoms with E-state index in [-0.39, 0.29) is 5.92 Å². The van der Waals surface area contributed by atoms with Crippen molar-refractivity contribution in [3.8, 4) is 17.6 Å². The predicted octanol–water partition coefficient (Wildman–Crippen LogP) is 4.01. The minimum atomic E-state index is -1.27. The zero-order valence-corrected chi connectivity index (χ0v) is 16.0. The number of benzene rings is 2. The van der Waals surface area contributed by atoms with Crippen molar-refractivity contribution in [3.05, 3.63) is 89.2 Å². The van der Waals surface area contributed by atoms with E-state index in [9.17, 15) is 10.4 Å². The Balaban J connectivity index is 1.77. The Morgan fingerprint density at radius 2 is 1.90 bits per heavy atom. The van der Waals surface area contributed by atoms with Gasteiger partial charge in [-0.3, -0.25) is 4.98 Å². The number of ether oxygens (including phenoxy) is 2. The summed E-state index contributed by atoms with van der Waals surface area (Å²) in [5.41, 5.74) is 0.860. The second kappa shape index (κ2) is 6.33. The van der Waals surface area contributed by atoms with Gasteiger partial charge in [0.15, 0.2) is 5.60 Å². The summed E-state index contributed by atoms with van der Waals surface area (Å²) in [6, 6.07) is 19.6. The summed E-state index contributed by atoms with van der Waals surface area (Å²) in [6.07, 6.45) is 4.54. The first kappa shape index (κ1) is 17.7. The number of nitriles is 1. The summed E-state index contributed by atoms with van der Waals surface area (Å²) in [5.74, 6) is 0.991. The summed E-state index contributed by atoms with van der Waals surface area (Å²) >= 11 is 0. The molecular weight excluding hydrogens is 364 g/mol. The fourth-order valence-electron chi connectivity index (χ4n) is 5.11. The molecule has 2 unspecified atom stereocenters. The lowest BCUT2D eigenvalue weighted by Crippen LogP contribution is -2.48. The molecule has 1 N–H and O–H groups in total. The zero-order valence-electron chi connectivity index (χ0n) is 16.0. The highest BCUT2D eigenvalue weighted by Gasteiger charge is 2.69. The van der Waals surface area contributed by atoms with Gasteiger partial charge in [0.2, 0.25) is 0 Å². The van der Waals surface area contributed by atoms with Crippen molar-refractivity contribution >= 4 is 0 Å². The molecule has 0 saturated heterocycles. The maximum atomic E-state index is 12.2. The Labute approximate surface area is 169 Å². The van der Waals surface area contributed by atoms with E-state index in [0.29, 0.717) is 29.0 Å². The first-order valence-corrected chi connectivity index (χ1v) is 9.63. The average Bonchev–Trinajstić information content (AvgIpc) is 3.21. The van der Waals surface area contributed by atoms with Gasteiger partial charge in [-0.05, 0) is 36.1 Å². The van der Waals surface area contributed by atoms with Crippen LogP contribution in [0.5, 0.6) is 11.5 Å². The fraction of sp³-hybridized carbons (Fsp3) is 0.250. The second-order valence-electron chi connectivity index (χ2n) is 7.60. The maximum absolute atomic E-state index is 12.2. The van der Waals surface area contributed by atoms with Crippen molar-refractivity contribution in [2.45, 2.75) is 30.0 Å². The number of aromatic nitrogens is 1. The molecule has 29 heavy (non-hydrogen) atoms. The number of fused-ring (bicyclic) bond motifs is 3. The van der Waals surface area contributed by atoms with E-state index < -0.39 is 11.2 Å². The van der Waals surface area contributed by atoms with Gasteiger partial charge in [0, 0.05) is 5.92 Å². The molecule has 1 saturated carbocycles. The van der Waals surface area contributed by atoms with Crippen molar-refractivity contribution < 1.29 is 14.6 Å². The van der Waals surface area contributed by atoms with Crippen LogP contribution in [0.1, 0.15) is 41.0 Å². The number of pyridine rings is 1. The minimum absolute atomic E-state index is 0.0706. The van der Waals surface area contributed by atoms with Crippen molar-refractivity contribution in [2.24, 2.45) is 0 Å². The molecule has 2 aromatic carbocycles. The lowest BCUT2D eigenvalue weighted by atomic mass is 9.71. The number of hydrogen-bond acceptors (Lipinski definition) is 5. The molecule has 2 heterocycles. The highest BCUT2D eigenvalue weighted by Crippen LogP contribution is 2.67. The summed E-state index contributed by atoms with van der Waals surface area (Å²) in [7, 11) is 1.58. The lowest BCUT2D eigenvalue weighted by Gasteiger charge is -2.40. The Bertz CT molecular complexity index is 1110. The summed E-state index contributed by atoms with van der Waals surface area (Å²) < 4.78 is 12.2. The van der Waals surface area contributed by atoms with E-state index in [1.54, 1.807) is 31.6 Å². The molecule has 3 atom stereocenters. The van der Waals surface area contributed by atoms with Crippen LogP contribution in [0.25, 0.3) is 0 Å². The SMILES string of the molecule is COc1cncc2c1[C@]1(O)CCC(c3ccccc3)C1(c1ccc(C#N)cc1)O2. The predicted molar refractivity (Wildman–Crippen MR) is 107 cm³/mol. The Kier molecular flexibility index (Phi) is 3.87. The normalized spacial score (nSPS) is 26.9. The smallest absolute Gasteiger partial charge is 0.174 e. The third kappa shape index (κ3) is 2.27. The summed E-state index contributed by atoms with van der Waals surface area (Å²) in [5, 5.41) is 21.4. The van der Waals surface area contributed by atoms with Gasteiger partial charge in [0.25, 0.3) is 0 Å². The molecule has 5 heteroatoms. The van der Waals surface area contributed by atoms with Crippen molar-refractivity contribution in [1.29, 1.82) is 5.26 Å². The minimum Gasteiger partial charge on any atom is -0.495 e. The molecule has 1 aliphatic heterocycles. The van der Waals surface area contributed by atoms with Crippen molar-refractivity contribution in [2.75, 3.05) is 7.11 Å². The fourth-order valence-corrected chi connectivity index (χ4v) is 5.11. The molecular formula is C24H20N2O3. The number of rotatable bonds is 3. The van der Waals surface area contributed by atoms with E-state index in [1.165, 1.54) is 0 Å². The highest BCUT2D eigenvalue weighted by atomic mass is 16.5. The first-order chi connectivity index (χ1) is 14.1. The maximum Gasteiger partial charge on any atom is 0.174 e. The van der Waals surface area contributed by atoms with Gasteiger partial charge in [-0.1, -0.05) is 42.5 Å². The van der Waals surface area contributed by atoms with Crippen LogP contribution in [0.4, 0.5) is 0 Å². The number of methoxy groups -OCH3 is 1. The Morgan fingerprint density at radius 1 is 1.14 bits per heavy atom. The molecule has 1 aromatic heterocycles. The largest absolute Gasteiger partial charge is 0.495 e.